The predicted molar refractivity (Wildman–Crippen MR) is 59.4 cm³/mol. The average Bonchev–Trinajstić information content (AvgIpc) is 2.14. The molecule has 2 bridgehead atoms. The summed E-state index contributed by atoms with van der Waals surface area (Å²) in [5.74, 6) is 0.149. The summed E-state index contributed by atoms with van der Waals surface area (Å²) in [6, 6.07) is 1.85. The molecule has 0 aliphatic heterocycles. The number of aromatic hydroxyl groups is 1. The zero-order valence-corrected chi connectivity index (χ0v) is 9.50. The van der Waals surface area contributed by atoms with Crippen LogP contribution < -0.4 is 5.56 Å². The first-order valence-electron chi connectivity index (χ1n) is 5.38. The molecule has 1 aliphatic carbocycles. The largest absolute Gasteiger partial charge is 0.494 e. The van der Waals surface area contributed by atoms with Crippen LogP contribution in [-0.2, 0) is 18.4 Å². The second-order valence-electron chi connectivity index (χ2n) is 5.18. The molecule has 0 saturated carbocycles. The SMILES string of the molecule is CC(C)(C)n1c(O)c2cc(c1=O)CCC2. The maximum Gasteiger partial charge on any atom is 0.257 e. The van der Waals surface area contributed by atoms with Gasteiger partial charge >= 0.3 is 0 Å². The Bertz CT molecular complexity index is 452. The molecule has 15 heavy (non-hydrogen) atoms. The fourth-order valence-corrected chi connectivity index (χ4v) is 2.17. The standard InChI is InChI=1S/C12H17NO2/c1-12(2,3)13-10(14)8-5-4-6-9(7-8)11(13)15/h7,14H,4-6H2,1-3H3. The van der Waals surface area contributed by atoms with E-state index in [9.17, 15) is 9.90 Å². The van der Waals surface area contributed by atoms with Crippen molar-refractivity contribution in [3.63, 3.8) is 0 Å². The third-order valence-electron chi connectivity index (χ3n) is 2.89. The number of fused-ring (bicyclic) bond motifs is 2. The first-order valence-corrected chi connectivity index (χ1v) is 5.38. The van der Waals surface area contributed by atoms with Gasteiger partial charge in [0.15, 0.2) is 5.88 Å². The van der Waals surface area contributed by atoms with Gasteiger partial charge in [0.25, 0.3) is 5.56 Å². The number of rotatable bonds is 0. The Morgan fingerprint density at radius 2 is 1.87 bits per heavy atom. The van der Waals surface area contributed by atoms with Crippen molar-refractivity contribution in [2.75, 3.05) is 0 Å². The summed E-state index contributed by atoms with van der Waals surface area (Å²) >= 11 is 0. The van der Waals surface area contributed by atoms with Crippen LogP contribution >= 0.6 is 0 Å². The van der Waals surface area contributed by atoms with Crippen LogP contribution in [0.15, 0.2) is 10.9 Å². The number of nitrogens with zero attached hydrogens (tertiary/aromatic N) is 1. The van der Waals surface area contributed by atoms with E-state index in [2.05, 4.69) is 0 Å². The first-order chi connectivity index (χ1) is 6.91. The number of aryl methyl sites for hydroxylation is 2. The van der Waals surface area contributed by atoms with E-state index in [4.69, 9.17) is 0 Å². The monoisotopic (exact) mass is 207 g/mol. The van der Waals surface area contributed by atoms with Crippen LogP contribution in [0.25, 0.3) is 0 Å². The van der Waals surface area contributed by atoms with Crippen molar-refractivity contribution in [1.82, 2.24) is 4.57 Å². The Morgan fingerprint density at radius 3 is 2.47 bits per heavy atom. The maximum absolute atomic E-state index is 12.1. The highest BCUT2D eigenvalue weighted by Gasteiger charge is 2.24. The molecule has 82 valence electrons. The topological polar surface area (TPSA) is 42.2 Å². The Morgan fingerprint density at radius 1 is 1.27 bits per heavy atom. The molecule has 1 heterocycles. The van der Waals surface area contributed by atoms with Gasteiger partial charge in [-0.05, 0) is 46.1 Å². The minimum Gasteiger partial charge on any atom is -0.494 e. The van der Waals surface area contributed by atoms with Gasteiger partial charge in [-0.15, -0.1) is 0 Å². The van der Waals surface area contributed by atoms with Gasteiger partial charge in [0.2, 0.25) is 0 Å². The van der Waals surface area contributed by atoms with Crippen molar-refractivity contribution in [1.29, 1.82) is 0 Å². The van der Waals surface area contributed by atoms with Gasteiger partial charge in [-0.2, -0.15) is 0 Å². The van der Waals surface area contributed by atoms with Crippen LogP contribution in [-0.4, -0.2) is 9.67 Å². The van der Waals surface area contributed by atoms with Crippen LogP contribution in [0.2, 0.25) is 0 Å². The van der Waals surface area contributed by atoms with E-state index in [1.165, 1.54) is 4.57 Å². The molecule has 2 rings (SSSR count). The zero-order chi connectivity index (χ0) is 11.2. The van der Waals surface area contributed by atoms with Crippen LogP contribution in [0.5, 0.6) is 5.88 Å². The summed E-state index contributed by atoms with van der Waals surface area (Å²) < 4.78 is 1.51. The van der Waals surface area contributed by atoms with Gasteiger partial charge in [0, 0.05) is 16.7 Å². The van der Waals surface area contributed by atoms with Gasteiger partial charge < -0.3 is 5.11 Å². The molecule has 3 heteroatoms. The zero-order valence-electron chi connectivity index (χ0n) is 9.50. The fraction of sp³-hybridized carbons (Fsp3) is 0.583. The molecule has 1 N–H and O–H groups in total. The van der Waals surface area contributed by atoms with Crippen LogP contribution in [0.1, 0.15) is 38.3 Å². The van der Waals surface area contributed by atoms with Crippen molar-refractivity contribution >= 4 is 0 Å². The smallest absolute Gasteiger partial charge is 0.257 e. The van der Waals surface area contributed by atoms with Gasteiger partial charge in [-0.3, -0.25) is 9.36 Å². The summed E-state index contributed by atoms with van der Waals surface area (Å²) in [5.41, 5.74) is 1.35. The molecule has 0 amide bonds. The van der Waals surface area contributed by atoms with Gasteiger partial charge in [0.05, 0.1) is 0 Å². The van der Waals surface area contributed by atoms with E-state index >= 15 is 0 Å². The molecule has 0 atom stereocenters. The summed E-state index contributed by atoms with van der Waals surface area (Å²) in [6.07, 6.45) is 2.67. The molecule has 0 fully saturated rings. The molecule has 0 spiro atoms. The van der Waals surface area contributed by atoms with Crippen molar-refractivity contribution < 1.29 is 5.11 Å². The van der Waals surface area contributed by atoms with Crippen LogP contribution in [0, 0.1) is 0 Å². The third-order valence-corrected chi connectivity index (χ3v) is 2.89. The molecule has 1 aromatic rings. The highest BCUT2D eigenvalue weighted by atomic mass is 16.3. The van der Waals surface area contributed by atoms with Gasteiger partial charge in [-0.25, -0.2) is 0 Å². The molecular formula is C12H17NO2. The van der Waals surface area contributed by atoms with E-state index in [-0.39, 0.29) is 17.0 Å². The van der Waals surface area contributed by atoms with Crippen molar-refractivity contribution in [2.24, 2.45) is 0 Å². The molecule has 1 aliphatic rings. The highest BCUT2D eigenvalue weighted by Crippen LogP contribution is 2.27. The lowest BCUT2D eigenvalue weighted by molar-refractivity contribution is 0.305. The van der Waals surface area contributed by atoms with Crippen LogP contribution in [0.4, 0.5) is 0 Å². The average molecular weight is 207 g/mol. The molecular weight excluding hydrogens is 190 g/mol. The van der Waals surface area contributed by atoms with Crippen molar-refractivity contribution in [3.05, 3.63) is 27.5 Å². The third kappa shape index (κ3) is 1.56. The molecule has 0 unspecified atom stereocenters. The van der Waals surface area contributed by atoms with E-state index in [1.54, 1.807) is 0 Å². The van der Waals surface area contributed by atoms with E-state index in [0.717, 1.165) is 30.4 Å². The quantitative estimate of drug-likeness (QED) is 0.704. The Kier molecular flexibility index (Phi) is 2.14. The summed E-state index contributed by atoms with van der Waals surface area (Å²) in [6.45, 7) is 5.80. The Balaban J connectivity index is 2.77. The predicted octanol–water partition coefficient (Wildman–Crippen LogP) is 1.80. The highest BCUT2D eigenvalue weighted by molar-refractivity contribution is 5.34. The maximum atomic E-state index is 12.1. The van der Waals surface area contributed by atoms with E-state index in [0.29, 0.717) is 0 Å². The molecule has 0 radical (unpaired) electrons. The summed E-state index contributed by atoms with van der Waals surface area (Å²) in [4.78, 5) is 12.1. The van der Waals surface area contributed by atoms with Crippen molar-refractivity contribution in [3.8, 4) is 5.88 Å². The summed E-state index contributed by atoms with van der Waals surface area (Å²) in [5, 5.41) is 10.0. The molecule has 3 nitrogen and oxygen atoms in total. The number of hydrogen-bond donors (Lipinski definition) is 1. The van der Waals surface area contributed by atoms with E-state index < -0.39 is 0 Å². The second kappa shape index (κ2) is 3.12. The fourth-order valence-electron chi connectivity index (χ4n) is 2.17. The number of pyridine rings is 1. The van der Waals surface area contributed by atoms with Crippen molar-refractivity contribution in [2.45, 2.75) is 45.6 Å². The lowest BCUT2D eigenvalue weighted by atomic mass is 9.96. The van der Waals surface area contributed by atoms with Gasteiger partial charge in [0.1, 0.15) is 0 Å². The lowest BCUT2D eigenvalue weighted by Gasteiger charge is -2.27. The molecule has 0 aromatic carbocycles. The minimum absolute atomic E-state index is 0.0385. The Labute approximate surface area is 89.4 Å². The molecule has 1 aromatic heterocycles. The Hall–Kier alpha value is -1.25. The number of aromatic nitrogens is 1. The molecule has 0 saturated heterocycles. The second-order valence-corrected chi connectivity index (χ2v) is 5.18. The normalized spacial score (nSPS) is 15.4. The van der Waals surface area contributed by atoms with Crippen LogP contribution in [0.3, 0.4) is 0 Å². The van der Waals surface area contributed by atoms with E-state index in [1.807, 2.05) is 26.8 Å². The minimum atomic E-state index is -0.358. The number of hydrogen-bond acceptors (Lipinski definition) is 2. The summed E-state index contributed by atoms with van der Waals surface area (Å²) in [7, 11) is 0. The lowest BCUT2D eigenvalue weighted by Crippen LogP contribution is -2.37. The van der Waals surface area contributed by atoms with Gasteiger partial charge in [-0.1, -0.05) is 0 Å². The first kappa shape index (κ1) is 10.3.